The van der Waals surface area contributed by atoms with Crippen molar-refractivity contribution in [3.05, 3.63) is 34.4 Å². The molecule has 1 aromatic carbocycles. The van der Waals surface area contributed by atoms with Gasteiger partial charge in [0.25, 0.3) is 0 Å². The number of ether oxygens (including phenoxy) is 1. The molecule has 18 heavy (non-hydrogen) atoms. The molecule has 1 amide bonds. The molecule has 0 heterocycles. The second kappa shape index (κ2) is 5.67. The highest BCUT2D eigenvalue weighted by Gasteiger charge is 2.20. The molecule has 0 unspecified atom stereocenters. The van der Waals surface area contributed by atoms with E-state index in [1.165, 1.54) is 17.6 Å². The molecule has 0 spiro atoms. The van der Waals surface area contributed by atoms with E-state index in [2.05, 4.69) is 16.9 Å². The van der Waals surface area contributed by atoms with Gasteiger partial charge in [-0.05, 0) is 37.5 Å². The summed E-state index contributed by atoms with van der Waals surface area (Å²) in [6, 6.07) is 4.14. The topological polar surface area (TPSA) is 46.6 Å². The van der Waals surface area contributed by atoms with Crippen LogP contribution in [0.5, 0.6) is 0 Å². The molecule has 0 saturated heterocycles. The van der Waals surface area contributed by atoms with E-state index < -0.39 is 11.9 Å². The van der Waals surface area contributed by atoms with Gasteiger partial charge in [-0.2, -0.15) is 0 Å². The Morgan fingerprint density at radius 2 is 1.67 bits per heavy atom. The fourth-order valence-corrected chi connectivity index (χ4v) is 2.01. The minimum absolute atomic E-state index is 0.409. The first-order valence-corrected chi connectivity index (χ1v) is 5.77. The molecule has 1 aromatic rings. The predicted molar refractivity (Wildman–Crippen MR) is 69.1 cm³/mol. The number of aryl methyl sites for hydroxylation is 3. The van der Waals surface area contributed by atoms with Crippen molar-refractivity contribution in [2.45, 2.75) is 27.3 Å². The van der Waals surface area contributed by atoms with Crippen molar-refractivity contribution in [3.8, 4) is 0 Å². The lowest BCUT2D eigenvalue weighted by Gasteiger charge is -2.19. The number of likely N-dealkylation sites (N-methyl/N-ethyl adjacent to an activating group) is 1. The summed E-state index contributed by atoms with van der Waals surface area (Å²) in [6.07, 6.45) is 0. The van der Waals surface area contributed by atoms with Crippen LogP contribution in [0.1, 0.15) is 22.3 Å². The number of methoxy groups -OCH3 is 1. The van der Waals surface area contributed by atoms with Crippen LogP contribution in [0, 0.1) is 20.8 Å². The van der Waals surface area contributed by atoms with Crippen LogP contribution in [0.3, 0.4) is 0 Å². The van der Waals surface area contributed by atoms with Crippen LogP contribution >= 0.6 is 0 Å². The highest BCUT2D eigenvalue weighted by molar-refractivity contribution is 6.32. The molecule has 0 aromatic heterocycles. The smallest absolute Gasteiger partial charge is 0.396 e. The molecular weight excluding hydrogens is 230 g/mol. The third-order valence-electron chi connectivity index (χ3n) is 2.94. The molecule has 0 bridgehead atoms. The molecule has 0 saturated carbocycles. The van der Waals surface area contributed by atoms with Crippen LogP contribution in [0.15, 0.2) is 12.1 Å². The number of rotatable bonds is 2. The fourth-order valence-electron chi connectivity index (χ4n) is 2.01. The van der Waals surface area contributed by atoms with Gasteiger partial charge < -0.3 is 9.64 Å². The number of hydrogen-bond acceptors (Lipinski definition) is 3. The Morgan fingerprint density at radius 1 is 1.17 bits per heavy atom. The summed E-state index contributed by atoms with van der Waals surface area (Å²) >= 11 is 0. The number of amides is 1. The van der Waals surface area contributed by atoms with Crippen LogP contribution in [0.2, 0.25) is 0 Å². The molecule has 0 fully saturated rings. The quantitative estimate of drug-likeness (QED) is 0.592. The van der Waals surface area contributed by atoms with Gasteiger partial charge in [0.2, 0.25) is 0 Å². The largest absolute Gasteiger partial charge is 0.462 e. The Morgan fingerprint density at radius 3 is 2.11 bits per heavy atom. The summed E-state index contributed by atoms with van der Waals surface area (Å²) in [4.78, 5) is 24.1. The van der Waals surface area contributed by atoms with Crippen molar-refractivity contribution in [2.75, 3.05) is 14.2 Å². The summed E-state index contributed by atoms with van der Waals surface area (Å²) in [5.74, 6) is -1.46. The number of nitrogens with zero attached hydrogens (tertiary/aromatic N) is 1. The SMILES string of the molecule is COC(=O)C(=O)N(C)Cc1c(C)cc(C)cc1C. The van der Waals surface area contributed by atoms with Gasteiger partial charge in [-0.1, -0.05) is 17.7 Å². The van der Waals surface area contributed by atoms with Gasteiger partial charge in [0.05, 0.1) is 7.11 Å². The second-order valence-corrected chi connectivity index (χ2v) is 4.53. The average Bonchev–Trinajstić information content (AvgIpc) is 2.31. The Labute approximate surface area is 108 Å². The Bertz CT molecular complexity index is 457. The van der Waals surface area contributed by atoms with Crippen molar-refractivity contribution in [3.63, 3.8) is 0 Å². The number of carbonyl (C=O) groups excluding carboxylic acids is 2. The third kappa shape index (κ3) is 3.09. The zero-order valence-electron chi connectivity index (χ0n) is 11.5. The number of esters is 1. The number of hydrogen-bond donors (Lipinski definition) is 0. The van der Waals surface area contributed by atoms with E-state index in [9.17, 15) is 9.59 Å². The van der Waals surface area contributed by atoms with Gasteiger partial charge >= 0.3 is 11.9 Å². The van der Waals surface area contributed by atoms with E-state index in [0.717, 1.165) is 16.7 Å². The lowest BCUT2D eigenvalue weighted by atomic mass is 9.99. The molecule has 1 rings (SSSR count). The van der Waals surface area contributed by atoms with E-state index in [1.807, 2.05) is 20.8 Å². The van der Waals surface area contributed by atoms with E-state index in [-0.39, 0.29) is 0 Å². The molecule has 0 atom stereocenters. The molecule has 0 aliphatic rings. The van der Waals surface area contributed by atoms with E-state index in [1.54, 1.807) is 7.05 Å². The molecular formula is C14H19NO3. The Hall–Kier alpha value is -1.84. The molecule has 0 aliphatic heterocycles. The number of benzene rings is 1. The first-order chi connectivity index (χ1) is 8.36. The first-order valence-electron chi connectivity index (χ1n) is 5.77. The van der Waals surface area contributed by atoms with E-state index in [0.29, 0.717) is 6.54 Å². The molecule has 4 nitrogen and oxygen atoms in total. The highest BCUT2D eigenvalue weighted by atomic mass is 16.5. The maximum Gasteiger partial charge on any atom is 0.396 e. The van der Waals surface area contributed by atoms with Crippen molar-refractivity contribution in [1.29, 1.82) is 0 Å². The molecule has 0 radical (unpaired) electrons. The Balaban J connectivity index is 2.92. The predicted octanol–water partition coefficient (Wildman–Crippen LogP) is 1.74. The van der Waals surface area contributed by atoms with Crippen LogP contribution in [-0.4, -0.2) is 30.9 Å². The van der Waals surface area contributed by atoms with Gasteiger partial charge in [0.1, 0.15) is 0 Å². The minimum atomic E-state index is -0.833. The molecule has 98 valence electrons. The standard InChI is InChI=1S/C14H19NO3/c1-9-6-10(2)12(11(3)7-9)8-15(4)13(16)14(17)18-5/h6-7H,8H2,1-5H3. The second-order valence-electron chi connectivity index (χ2n) is 4.53. The first kappa shape index (κ1) is 14.2. The minimum Gasteiger partial charge on any atom is -0.462 e. The van der Waals surface area contributed by atoms with Crippen molar-refractivity contribution in [1.82, 2.24) is 4.90 Å². The highest BCUT2D eigenvalue weighted by Crippen LogP contribution is 2.18. The van der Waals surface area contributed by atoms with Gasteiger partial charge in [-0.3, -0.25) is 4.79 Å². The van der Waals surface area contributed by atoms with Crippen LogP contribution in [0.25, 0.3) is 0 Å². The van der Waals surface area contributed by atoms with Crippen LogP contribution < -0.4 is 0 Å². The lowest BCUT2D eigenvalue weighted by Crippen LogP contribution is -2.34. The lowest BCUT2D eigenvalue weighted by molar-refractivity contribution is -0.157. The monoisotopic (exact) mass is 249 g/mol. The van der Waals surface area contributed by atoms with Crippen molar-refractivity contribution in [2.24, 2.45) is 0 Å². The summed E-state index contributed by atoms with van der Waals surface area (Å²) in [5.41, 5.74) is 4.50. The van der Waals surface area contributed by atoms with Crippen LogP contribution in [-0.2, 0) is 20.9 Å². The summed E-state index contributed by atoms with van der Waals surface area (Å²) in [5, 5.41) is 0. The third-order valence-corrected chi connectivity index (χ3v) is 2.94. The maximum atomic E-state index is 11.6. The summed E-state index contributed by atoms with van der Waals surface area (Å²) in [7, 11) is 2.80. The fraction of sp³-hybridized carbons (Fsp3) is 0.429. The molecule has 4 heteroatoms. The zero-order chi connectivity index (χ0) is 13.9. The summed E-state index contributed by atoms with van der Waals surface area (Å²) in [6.45, 7) is 6.45. The summed E-state index contributed by atoms with van der Waals surface area (Å²) < 4.78 is 4.42. The van der Waals surface area contributed by atoms with Crippen molar-refractivity contribution >= 4 is 11.9 Å². The van der Waals surface area contributed by atoms with Crippen LogP contribution in [0.4, 0.5) is 0 Å². The Kier molecular flexibility index (Phi) is 4.48. The van der Waals surface area contributed by atoms with Gasteiger partial charge in [-0.15, -0.1) is 0 Å². The average molecular weight is 249 g/mol. The molecule has 0 aliphatic carbocycles. The van der Waals surface area contributed by atoms with Gasteiger partial charge in [0, 0.05) is 13.6 Å². The van der Waals surface area contributed by atoms with Gasteiger partial charge in [-0.25, -0.2) is 4.79 Å². The number of carbonyl (C=O) groups is 2. The zero-order valence-corrected chi connectivity index (χ0v) is 11.5. The van der Waals surface area contributed by atoms with E-state index >= 15 is 0 Å². The normalized spacial score (nSPS) is 10.1. The molecule has 0 N–H and O–H groups in total. The van der Waals surface area contributed by atoms with E-state index in [4.69, 9.17) is 0 Å². The van der Waals surface area contributed by atoms with Gasteiger partial charge in [0.15, 0.2) is 0 Å². The van der Waals surface area contributed by atoms with Crippen molar-refractivity contribution < 1.29 is 14.3 Å². The maximum absolute atomic E-state index is 11.6.